The molecule has 2 atom stereocenters. The Labute approximate surface area is 154 Å². The van der Waals surface area contributed by atoms with Crippen LogP contribution in [0.1, 0.15) is 45.4 Å². The van der Waals surface area contributed by atoms with Crippen LogP contribution in [-0.2, 0) is 14.3 Å². The Balaban J connectivity index is 2.12. The molecule has 6 heteroatoms. The van der Waals surface area contributed by atoms with Gasteiger partial charge in [0, 0.05) is 0 Å². The fourth-order valence-electron chi connectivity index (χ4n) is 3.21. The molecule has 0 N–H and O–H groups in total. The minimum Gasteiger partial charge on any atom is -0.493 e. The summed E-state index contributed by atoms with van der Waals surface area (Å²) in [5.74, 6) is -0.629. The molecule has 6 nitrogen and oxygen atoms in total. The number of ether oxygens (including phenoxy) is 4. The highest BCUT2D eigenvalue weighted by Crippen LogP contribution is 2.39. The van der Waals surface area contributed by atoms with Gasteiger partial charge < -0.3 is 18.9 Å². The SMILES string of the molecule is CCCCOC(=O)C1CCCCC1C(=O)Oc1c(OC)cccc1OC. The van der Waals surface area contributed by atoms with Crippen LogP contribution in [0, 0.1) is 11.8 Å². The van der Waals surface area contributed by atoms with E-state index in [0.717, 1.165) is 25.7 Å². The second-order valence-electron chi connectivity index (χ2n) is 6.43. The van der Waals surface area contributed by atoms with Gasteiger partial charge in [-0.05, 0) is 31.4 Å². The standard InChI is InChI=1S/C20H28O6/c1-4-5-13-25-19(21)14-9-6-7-10-15(14)20(22)26-18-16(23-2)11-8-12-17(18)24-3/h8,11-12,14-15H,4-7,9-10,13H2,1-3H3. The molecule has 0 saturated heterocycles. The summed E-state index contributed by atoms with van der Waals surface area (Å²) >= 11 is 0. The molecular weight excluding hydrogens is 336 g/mol. The van der Waals surface area contributed by atoms with Crippen LogP contribution in [0.3, 0.4) is 0 Å². The average Bonchev–Trinajstić information content (AvgIpc) is 2.68. The highest BCUT2D eigenvalue weighted by Gasteiger charge is 2.38. The van der Waals surface area contributed by atoms with Crippen molar-refractivity contribution in [3.8, 4) is 17.2 Å². The number of esters is 2. The molecule has 0 aromatic heterocycles. The van der Waals surface area contributed by atoms with Crippen molar-refractivity contribution < 1.29 is 28.5 Å². The highest BCUT2D eigenvalue weighted by atomic mass is 16.6. The van der Waals surface area contributed by atoms with Crippen molar-refractivity contribution in [2.45, 2.75) is 45.4 Å². The summed E-state index contributed by atoms with van der Waals surface area (Å²) in [5, 5.41) is 0. The number of benzene rings is 1. The largest absolute Gasteiger partial charge is 0.493 e. The second-order valence-corrected chi connectivity index (χ2v) is 6.43. The zero-order valence-corrected chi connectivity index (χ0v) is 15.8. The molecule has 1 aromatic carbocycles. The fraction of sp³-hybridized carbons (Fsp3) is 0.600. The van der Waals surface area contributed by atoms with Crippen molar-refractivity contribution in [2.75, 3.05) is 20.8 Å². The van der Waals surface area contributed by atoms with Gasteiger partial charge in [0.15, 0.2) is 11.5 Å². The van der Waals surface area contributed by atoms with Gasteiger partial charge in [0.1, 0.15) is 0 Å². The van der Waals surface area contributed by atoms with Crippen LogP contribution >= 0.6 is 0 Å². The van der Waals surface area contributed by atoms with E-state index in [4.69, 9.17) is 18.9 Å². The molecule has 144 valence electrons. The van der Waals surface area contributed by atoms with Gasteiger partial charge in [-0.3, -0.25) is 9.59 Å². The Morgan fingerprint density at radius 3 is 2.12 bits per heavy atom. The number of carbonyl (C=O) groups excluding carboxylic acids is 2. The summed E-state index contributed by atoms with van der Waals surface area (Å²) < 4.78 is 21.5. The number of hydrogen-bond donors (Lipinski definition) is 0. The second kappa shape index (κ2) is 10.0. The predicted molar refractivity (Wildman–Crippen MR) is 96.5 cm³/mol. The minimum atomic E-state index is -0.507. The van der Waals surface area contributed by atoms with E-state index >= 15 is 0 Å². The summed E-state index contributed by atoms with van der Waals surface area (Å²) in [6, 6.07) is 5.15. The van der Waals surface area contributed by atoms with Gasteiger partial charge in [-0.2, -0.15) is 0 Å². The molecule has 0 spiro atoms. The first-order valence-corrected chi connectivity index (χ1v) is 9.21. The molecule has 1 aliphatic rings. The molecule has 26 heavy (non-hydrogen) atoms. The Morgan fingerprint density at radius 1 is 1.00 bits per heavy atom. The van der Waals surface area contributed by atoms with E-state index in [1.54, 1.807) is 18.2 Å². The smallest absolute Gasteiger partial charge is 0.315 e. The van der Waals surface area contributed by atoms with Crippen LogP contribution in [-0.4, -0.2) is 32.8 Å². The number of carbonyl (C=O) groups is 2. The topological polar surface area (TPSA) is 71.1 Å². The zero-order chi connectivity index (χ0) is 18.9. The van der Waals surface area contributed by atoms with Gasteiger partial charge in [0.25, 0.3) is 0 Å². The molecule has 0 bridgehead atoms. The molecule has 1 saturated carbocycles. The van der Waals surface area contributed by atoms with Crippen molar-refractivity contribution in [2.24, 2.45) is 11.8 Å². The van der Waals surface area contributed by atoms with Crippen LogP contribution in [0.5, 0.6) is 17.2 Å². The van der Waals surface area contributed by atoms with Crippen molar-refractivity contribution >= 4 is 11.9 Å². The molecule has 1 fully saturated rings. The minimum absolute atomic E-state index is 0.242. The van der Waals surface area contributed by atoms with E-state index in [1.165, 1.54) is 14.2 Å². The summed E-state index contributed by atoms with van der Waals surface area (Å²) in [7, 11) is 3.00. The lowest BCUT2D eigenvalue weighted by Gasteiger charge is -2.28. The van der Waals surface area contributed by atoms with Gasteiger partial charge in [0.2, 0.25) is 5.75 Å². The van der Waals surface area contributed by atoms with Crippen LogP contribution in [0.15, 0.2) is 18.2 Å². The lowest BCUT2D eigenvalue weighted by Crippen LogP contribution is -2.36. The summed E-state index contributed by atoms with van der Waals surface area (Å²) in [5.41, 5.74) is 0. The molecule has 1 aromatic rings. The molecule has 1 aliphatic carbocycles. The quantitative estimate of drug-likeness (QED) is 0.397. The third-order valence-corrected chi connectivity index (χ3v) is 4.70. The van der Waals surface area contributed by atoms with Gasteiger partial charge >= 0.3 is 11.9 Å². The first kappa shape index (κ1) is 20.1. The maximum atomic E-state index is 12.8. The third kappa shape index (κ3) is 4.90. The highest BCUT2D eigenvalue weighted by molar-refractivity contribution is 5.84. The lowest BCUT2D eigenvalue weighted by atomic mass is 9.79. The monoisotopic (exact) mass is 364 g/mol. The van der Waals surface area contributed by atoms with Crippen molar-refractivity contribution in [3.05, 3.63) is 18.2 Å². The number of rotatable bonds is 8. The van der Waals surface area contributed by atoms with Crippen molar-refractivity contribution in [1.29, 1.82) is 0 Å². The number of unbranched alkanes of at least 4 members (excludes halogenated alkanes) is 1. The first-order chi connectivity index (χ1) is 12.6. The van der Waals surface area contributed by atoms with E-state index in [0.29, 0.717) is 30.9 Å². The van der Waals surface area contributed by atoms with E-state index in [1.807, 2.05) is 6.92 Å². The number of hydrogen-bond acceptors (Lipinski definition) is 6. The van der Waals surface area contributed by atoms with Gasteiger partial charge in [0.05, 0.1) is 32.7 Å². The maximum absolute atomic E-state index is 12.8. The number of methoxy groups -OCH3 is 2. The Morgan fingerprint density at radius 2 is 1.58 bits per heavy atom. The van der Waals surface area contributed by atoms with Crippen LogP contribution in [0.25, 0.3) is 0 Å². The van der Waals surface area contributed by atoms with Crippen LogP contribution < -0.4 is 14.2 Å². The van der Waals surface area contributed by atoms with E-state index < -0.39 is 17.8 Å². The van der Waals surface area contributed by atoms with Gasteiger partial charge in [-0.1, -0.05) is 32.3 Å². The van der Waals surface area contributed by atoms with Crippen molar-refractivity contribution in [3.63, 3.8) is 0 Å². The summed E-state index contributed by atoms with van der Waals surface area (Å²) in [4.78, 5) is 25.2. The van der Waals surface area contributed by atoms with E-state index in [9.17, 15) is 9.59 Å². The average molecular weight is 364 g/mol. The predicted octanol–water partition coefficient (Wildman–Crippen LogP) is 3.76. The van der Waals surface area contributed by atoms with E-state index in [2.05, 4.69) is 0 Å². The van der Waals surface area contributed by atoms with E-state index in [-0.39, 0.29) is 11.7 Å². The Hall–Kier alpha value is -2.24. The molecule has 2 unspecified atom stereocenters. The molecular formula is C20H28O6. The summed E-state index contributed by atoms with van der Waals surface area (Å²) in [6.07, 6.45) is 4.84. The van der Waals surface area contributed by atoms with Crippen LogP contribution in [0.2, 0.25) is 0 Å². The lowest BCUT2D eigenvalue weighted by molar-refractivity contribution is -0.158. The molecule has 0 aliphatic heterocycles. The normalized spacial score (nSPS) is 19.5. The van der Waals surface area contributed by atoms with Crippen LogP contribution in [0.4, 0.5) is 0 Å². The Bertz CT molecular complexity index is 590. The Kier molecular flexibility index (Phi) is 7.75. The molecule has 2 rings (SSSR count). The molecule has 0 heterocycles. The fourth-order valence-corrected chi connectivity index (χ4v) is 3.21. The molecule has 0 radical (unpaired) electrons. The zero-order valence-electron chi connectivity index (χ0n) is 15.8. The van der Waals surface area contributed by atoms with Crippen molar-refractivity contribution in [1.82, 2.24) is 0 Å². The number of para-hydroxylation sites is 1. The molecule has 0 amide bonds. The first-order valence-electron chi connectivity index (χ1n) is 9.21. The summed E-state index contributed by atoms with van der Waals surface area (Å²) in [6.45, 7) is 2.43. The third-order valence-electron chi connectivity index (χ3n) is 4.70. The van der Waals surface area contributed by atoms with Gasteiger partial charge in [-0.15, -0.1) is 0 Å². The maximum Gasteiger partial charge on any atom is 0.315 e. The van der Waals surface area contributed by atoms with Gasteiger partial charge in [-0.25, -0.2) is 0 Å².